The zero-order chi connectivity index (χ0) is 8.89. The molecule has 0 aromatic rings. The molecule has 3 aliphatic rings. The summed E-state index contributed by atoms with van der Waals surface area (Å²) in [4.78, 5) is 0. The second-order valence-corrected chi connectivity index (χ2v) is 5.03. The number of hydrogen-bond acceptors (Lipinski definition) is 2. The van der Waals surface area contributed by atoms with Gasteiger partial charge in [0.25, 0.3) is 0 Å². The minimum atomic E-state index is 0.555. The summed E-state index contributed by atoms with van der Waals surface area (Å²) in [5.41, 5.74) is 6.43. The second kappa shape index (κ2) is 2.71. The van der Waals surface area contributed by atoms with Crippen LogP contribution >= 0.6 is 0 Å². The van der Waals surface area contributed by atoms with Gasteiger partial charge in [0.05, 0.1) is 6.10 Å². The van der Waals surface area contributed by atoms with E-state index in [-0.39, 0.29) is 0 Å². The van der Waals surface area contributed by atoms with Gasteiger partial charge in [-0.3, -0.25) is 0 Å². The molecule has 1 saturated heterocycles. The maximum atomic E-state index is 5.91. The Labute approximate surface area is 79.8 Å². The molecule has 1 spiro atoms. The van der Waals surface area contributed by atoms with Gasteiger partial charge in [0.1, 0.15) is 0 Å². The van der Waals surface area contributed by atoms with Crippen LogP contribution in [0.5, 0.6) is 0 Å². The maximum absolute atomic E-state index is 5.91. The first kappa shape index (κ1) is 8.25. The Morgan fingerprint density at radius 3 is 2.77 bits per heavy atom. The molecule has 1 heterocycles. The summed E-state index contributed by atoms with van der Waals surface area (Å²) in [6, 6.07) is 0. The Morgan fingerprint density at radius 2 is 2.15 bits per heavy atom. The fourth-order valence-corrected chi connectivity index (χ4v) is 3.98. The van der Waals surface area contributed by atoms with Gasteiger partial charge in [0, 0.05) is 12.0 Å². The summed E-state index contributed by atoms with van der Waals surface area (Å²) in [5.74, 6) is 1.62. The third kappa shape index (κ3) is 0.861. The molecule has 0 amide bonds. The Balaban J connectivity index is 1.80. The van der Waals surface area contributed by atoms with Gasteiger partial charge in [-0.25, -0.2) is 0 Å². The maximum Gasteiger partial charge on any atom is 0.0666 e. The van der Waals surface area contributed by atoms with Crippen molar-refractivity contribution in [3.63, 3.8) is 0 Å². The standard InChI is InChI=1S/C11H19NO/c12-7-9-8-3-1-6-13-10(8)11(9)4-2-5-11/h8-10H,1-7,12H2/t8-,9-,10+/m1/s1. The molecule has 74 valence electrons. The number of ether oxygens (including phenoxy) is 1. The smallest absolute Gasteiger partial charge is 0.0666 e. The van der Waals surface area contributed by atoms with Crippen molar-refractivity contribution in [1.29, 1.82) is 0 Å². The largest absolute Gasteiger partial charge is 0.377 e. The molecule has 3 rings (SSSR count). The van der Waals surface area contributed by atoms with Crippen molar-refractivity contribution in [2.45, 2.75) is 38.2 Å². The van der Waals surface area contributed by atoms with E-state index in [4.69, 9.17) is 10.5 Å². The van der Waals surface area contributed by atoms with Crippen molar-refractivity contribution in [3.8, 4) is 0 Å². The predicted octanol–water partition coefficient (Wildman–Crippen LogP) is 1.54. The number of nitrogens with two attached hydrogens (primary N) is 1. The molecule has 3 fully saturated rings. The Kier molecular flexibility index (Phi) is 1.72. The van der Waals surface area contributed by atoms with E-state index in [0.29, 0.717) is 11.5 Å². The average Bonchev–Trinajstić information content (AvgIpc) is 2.05. The van der Waals surface area contributed by atoms with E-state index >= 15 is 0 Å². The fourth-order valence-electron chi connectivity index (χ4n) is 3.98. The van der Waals surface area contributed by atoms with Crippen LogP contribution in [0, 0.1) is 17.3 Å². The summed E-state index contributed by atoms with van der Waals surface area (Å²) in [5, 5.41) is 0. The van der Waals surface area contributed by atoms with Crippen LogP contribution in [0.2, 0.25) is 0 Å². The van der Waals surface area contributed by atoms with Crippen LogP contribution < -0.4 is 5.73 Å². The first-order chi connectivity index (χ1) is 6.38. The van der Waals surface area contributed by atoms with Crippen LogP contribution in [0.4, 0.5) is 0 Å². The highest BCUT2D eigenvalue weighted by Crippen LogP contribution is 2.65. The van der Waals surface area contributed by atoms with Gasteiger partial charge in [-0.1, -0.05) is 6.42 Å². The van der Waals surface area contributed by atoms with Gasteiger partial charge in [0.2, 0.25) is 0 Å². The number of fused-ring (bicyclic) bond motifs is 2. The summed E-state index contributed by atoms with van der Waals surface area (Å²) in [6.45, 7) is 1.89. The summed E-state index contributed by atoms with van der Waals surface area (Å²) >= 11 is 0. The monoisotopic (exact) mass is 181 g/mol. The number of hydrogen-bond donors (Lipinski definition) is 1. The Hall–Kier alpha value is -0.0800. The Bertz CT molecular complexity index is 204. The zero-order valence-corrected chi connectivity index (χ0v) is 8.17. The first-order valence-electron chi connectivity index (χ1n) is 5.70. The van der Waals surface area contributed by atoms with Gasteiger partial charge in [-0.05, 0) is 44.1 Å². The van der Waals surface area contributed by atoms with E-state index in [1.165, 1.54) is 32.1 Å². The SMILES string of the molecule is NC[C@@H]1[C@H]2CCCO[C@@H]2C12CCC2. The first-order valence-corrected chi connectivity index (χ1v) is 5.70. The van der Waals surface area contributed by atoms with E-state index in [2.05, 4.69) is 0 Å². The highest BCUT2D eigenvalue weighted by Gasteiger charge is 2.64. The fraction of sp³-hybridized carbons (Fsp3) is 1.00. The summed E-state index contributed by atoms with van der Waals surface area (Å²) < 4.78 is 5.91. The molecule has 2 N–H and O–H groups in total. The normalized spacial score (nSPS) is 46.4. The molecular weight excluding hydrogens is 162 g/mol. The molecule has 0 aromatic carbocycles. The molecule has 13 heavy (non-hydrogen) atoms. The molecule has 0 aromatic heterocycles. The molecule has 2 heteroatoms. The summed E-state index contributed by atoms with van der Waals surface area (Å²) in [6.07, 6.45) is 7.40. The van der Waals surface area contributed by atoms with Crippen LogP contribution in [-0.2, 0) is 4.74 Å². The topological polar surface area (TPSA) is 35.2 Å². The lowest BCUT2D eigenvalue weighted by Crippen LogP contribution is -2.68. The Morgan fingerprint density at radius 1 is 1.31 bits per heavy atom. The van der Waals surface area contributed by atoms with Crippen molar-refractivity contribution in [3.05, 3.63) is 0 Å². The highest BCUT2D eigenvalue weighted by molar-refractivity contribution is 5.13. The molecule has 0 bridgehead atoms. The third-order valence-electron chi connectivity index (χ3n) is 4.73. The van der Waals surface area contributed by atoms with E-state index in [9.17, 15) is 0 Å². The van der Waals surface area contributed by atoms with Crippen molar-refractivity contribution in [2.75, 3.05) is 13.2 Å². The molecule has 2 nitrogen and oxygen atoms in total. The van der Waals surface area contributed by atoms with Crippen LogP contribution in [0.3, 0.4) is 0 Å². The van der Waals surface area contributed by atoms with E-state index in [1.807, 2.05) is 0 Å². The molecule has 3 atom stereocenters. The lowest BCUT2D eigenvalue weighted by Gasteiger charge is -2.67. The minimum Gasteiger partial charge on any atom is -0.377 e. The lowest BCUT2D eigenvalue weighted by atomic mass is 9.42. The summed E-state index contributed by atoms with van der Waals surface area (Å²) in [7, 11) is 0. The van der Waals surface area contributed by atoms with Crippen molar-refractivity contribution in [2.24, 2.45) is 23.0 Å². The third-order valence-corrected chi connectivity index (χ3v) is 4.73. The van der Waals surface area contributed by atoms with Gasteiger partial charge in [0.15, 0.2) is 0 Å². The molecule has 1 aliphatic heterocycles. The zero-order valence-electron chi connectivity index (χ0n) is 8.17. The molecular formula is C11H19NO. The van der Waals surface area contributed by atoms with Crippen LogP contribution in [-0.4, -0.2) is 19.3 Å². The minimum absolute atomic E-state index is 0.555. The van der Waals surface area contributed by atoms with Crippen molar-refractivity contribution in [1.82, 2.24) is 0 Å². The van der Waals surface area contributed by atoms with Crippen molar-refractivity contribution < 1.29 is 4.74 Å². The van der Waals surface area contributed by atoms with Crippen LogP contribution in [0.15, 0.2) is 0 Å². The quantitative estimate of drug-likeness (QED) is 0.666. The lowest BCUT2D eigenvalue weighted by molar-refractivity contribution is -0.257. The predicted molar refractivity (Wildman–Crippen MR) is 51.3 cm³/mol. The molecule has 2 saturated carbocycles. The van der Waals surface area contributed by atoms with Crippen molar-refractivity contribution >= 4 is 0 Å². The van der Waals surface area contributed by atoms with Gasteiger partial charge in [-0.15, -0.1) is 0 Å². The van der Waals surface area contributed by atoms with E-state index in [0.717, 1.165) is 25.0 Å². The molecule has 0 radical (unpaired) electrons. The molecule has 0 unspecified atom stereocenters. The second-order valence-electron chi connectivity index (χ2n) is 5.03. The van der Waals surface area contributed by atoms with Crippen LogP contribution in [0.1, 0.15) is 32.1 Å². The average molecular weight is 181 g/mol. The van der Waals surface area contributed by atoms with Gasteiger partial charge in [-0.2, -0.15) is 0 Å². The van der Waals surface area contributed by atoms with E-state index in [1.54, 1.807) is 0 Å². The molecule has 2 aliphatic carbocycles. The number of rotatable bonds is 1. The van der Waals surface area contributed by atoms with Gasteiger partial charge < -0.3 is 10.5 Å². The van der Waals surface area contributed by atoms with Gasteiger partial charge >= 0.3 is 0 Å². The highest BCUT2D eigenvalue weighted by atomic mass is 16.5. The van der Waals surface area contributed by atoms with Crippen LogP contribution in [0.25, 0.3) is 0 Å². The van der Waals surface area contributed by atoms with E-state index < -0.39 is 0 Å².